The summed E-state index contributed by atoms with van der Waals surface area (Å²) in [5, 5.41) is 6.35. The van der Waals surface area contributed by atoms with Gasteiger partial charge in [-0.25, -0.2) is 0 Å². The monoisotopic (exact) mass is 275 g/mol. The van der Waals surface area contributed by atoms with Crippen molar-refractivity contribution in [3.05, 3.63) is 23.8 Å². The number of amides is 1. The molecule has 0 radical (unpaired) electrons. The maximum atomic E-state index is 12.2. The molecule has 0 saturated carbocycles. The molecule has 4 nitrogen and oxygen atoms in total. The van der Waals surface area contributed by atoms with E-state index in [0.29, 0.717) is 23.9 Å². The highest BCUT2D eigenvalue weighted by Crippen LogP contribution is 2.25. The summed E-state index contributed by atoms with van der Waals surface area (Å²) in [5.74, 6) is 1.17. The van der Waals surface area contributed by atoms with E-state index >= 15 is 0 Å². The van der Waals surface area contributed by atoms with Gasteiger partial charge in [-0.1, -0.05) is 13.0 Å². The number of aryl methyl sites for hydroxylation is 1. The zero-order chi connectivity index (χ0) is 14.5. The lowest BCUT2D eigenvalue weighted by atomic mass is 9.84. The summed E-state index contributed by atoms with van der Waals surface area (Å²) in [6, 6.07) is 5.60. The van der Waals surface area contributed by atoms with Crippen LogP contribution in [-0.2, 0) is 4.79 Å². The van der Waals surface area contributed by atoms with Crippen LogP contribution >= 0.6 is 0 Å². The molecule has 1 heterocycles. The highest BCUT2D eigenvalue weighted by atomic mass is 16.1. The molecule has 2 rings (SSSR count). The number of benzene rings is 1. The summed E-state index contributed by atoms with van der Waals surface area (Å²) in [4.78, 5) is 12.2. The van der Waals surface area contributed by atoms with E-state index in [1.54, 1.807) is 0 Å². The molecule has 0 spiro atoms. The summed E-state index contributed by atoms with van der Waals surface area (Å²) in [5.41, 5.74) is 8.31. The molecule has 1 fully saturated rings. The Morgan fingerprint density at radius 2 is 2.15 bits per heavy atom. The largest absolute Gasteiger partial charge is 0.399 e. The number of hydrogen-bond acceptors (Lipinski definition) is 3. The number of hydrogen-bond donors (Lipinski definition) is 3. The van der Waals surface area contributed by atoms with E-state index in [-0.39, 0.29) is 5.91 Å². The van der Waals surface area contributed by atoms with Gasteiger partial charge in [-0.15, -0.1) is 0 Å². The summed E-state index contributed by atoms with van der Waals surface area (Å²) in [7, 11) is 0. The van der Waals surface area contributed by atoms with Crippen molar-refractivity contribution in [2.24, 2.45) is 11.8 Å². The molecule has 1 aliphatic heterocycles. The molecule has 1 aromatic rings. The average Bonchev–Trinajstić information content (AvgIpc) is 2.43. The van der Waals surface area contributed by atoms with E-state index in [1.165, 1.54) is 12.8 Å². The van der Waals surface area contributed by atoms with Gasteiger partial charge < -0.3 is 16.4 Å². The van der Waals surface area contributed by atoms with Crippen LogP contribution in [-0.4, -0.2) is 19.0 Å². The Morgan fingerprint density at radius 1 is 1.45 bits per heavy atom. The van der Waals surface area contributed by atoms with E-state index in [2.05, 4.69) is 17.6 Å². The molecule has 4 heteroatoms. The first-order valence-electron chi connectivity index (χ1n) is 7.43. The minimum Gasteiger partial charge on any atom is -0.399 e. The number of nitrogens with one attached hydrogen (secondary N) is 2. The Hall–Kier alpha value is -1.55. The van der Waals surface area contributed by atoms with E-state index in [4.69, 9.17) is 5.73 Å². The molecule has 0 aliphatic carbocycles. The summed E-state index contributed by atoms with van der Waals surface area (Å²) in [6.45, 7) is 6.31. The fourth-order valence-corrected chi connectivity index (χ4v) is 2.85. The minimum absolute atomic E-state index is 0.0877. The highest BCUT2D eigenvalue weighted by molar-refractivity contribution is 5.92. The summed E-state index contributed by atoms with van der Waals surface area (Å²) < 4.78 is 0. The molecule has 1 aliphatic rings. The number of carbonyl (C=O) groups excluding carboxylic acids is 1. The first-order chi connectivity index (χ1) is 9.56. The van der Waals surface area contributed by atoms with Crippen LogP contribution in [0.4, 0.5) is 11.4 Å². The molecule has 1 amide bonds. The van der Waals surface area contributed by atoms with Crippen LogP contribution < -0.4 is 16.4 Å². The Labute approximate surface area is 121 Å². The van der Waals surface area contributed by atoms with Crippen LogP contribution in [0.15, 0.2) is 18.2 Å². The van der Waals surface area contributed by atoms with Crippen molar-refractivity contribution in [1.29, 1.82) is 0 Å². The van der Waals surface area contributed by atoms with Crippen LogP contribution in [0.25, 0.3) is 0 Å². The van der Waals surface area contributed by atoms with Gasteiger partial charge in [-0.2, -0.15) is 0 Å². The summed E-state index contributed by atoms with van der Waals surface area (Å²) >= 11 is 0. The van der Waals surface area contributed by atoms with Gasteiger partial charge in [0.25, 0.3) is 0 Å². The summed E-state index contributed by atoms with van der Waals surface area (Å²) in [6.07, 6.45) is 2.93. The van der Waals surface area contributed by atoms with Crippen molar-refractivity contribution < 1.29 is 4.79 Å². The molecule has 1 saturated heterocycles. The second-order valence-electron chi connectivity index (χ2n) is 5.89. The van der Waals surface area contributed by atoms with Crippen LogP contribution in [0.3, 0.4) is 0 Å². The Kier molecular flexibility index (Phi) is 5.01. The third-order valence-electron chi connectivity index (χ3n) is 4.23. The van der Waals surface area contributed by atoms with Crippen molar-refractivity contribution in [2.75, 3.05) is 24.1 Å². The van der Waals surface area contributed by atoms with Gasteiger partial charge in [-0.3, -0.25) is 4.79 Å². The number of anilines is 2. The minimum atomic E-state index is 0.0877. The van der Waals surface area contributed by atoms with Crippen molar-refractivity contribution in [3.8, 4) is 0 Å². The zero-order valence-corrected chi connectivity index (χ0v) is 12.4. The standard InChI is InChI=1S/C16H25N3O/c1-11-3-4-14(17)10-15(11)19-16(20)9-12(2)13-5-7-18-8-6-13/h3-4,10,12-13,18H,5-9,17H2,1-2H3,(H,19,20). The van der Waals surface area contributed by atoms with E-state index in [9.17, 15) is 4.79 Å². The van der Waals surface area contributed by atoms with E-state index in [0.717, 1.165) is 24.3 Å². The molecule has 4 N–H and O–H groups in total. The number of rotatable bonds is 4. The topological polar surface area (TPSA) is 67.1 Å². The van der Waals surface area contributed by atoms with E-state index in [1.807, 2.05) is 25.1 Å². The van der Waals surface area contributed by atoms with Gasteiger partial charge in [0.2, 0.25) is 5.91 Å². The maximum absolute atomic E-state index is 12.2. The Balaban J connectivity index is 1.89. The lowest BCUT2D eigenvalue weighted by molar-refractivity contribution is -0.117. The van der Waals surface area contributed by atoms with Crippen LogP contribution in [0, 0.1) is 18.8 Å². The lowest BCUT2D eigenvalue weighted by Crippen LogP contribution is -2.32. The Bertz CT molecular complexity index is 467. The fourth-order valence-electron chi connectivity index (χ4n) is 2.85. The SMILES string of the molecule is Cc1ccc(N)cc1NC(=O)CC(C)C1CCNCC1. The number of piperidine rings is 1. The predicted molar refractivity (Wildman–Crippen MR) is 83.6 cm³/mol. The third-order valence-corrected chi connectivity index (χ3v) is 4.23. The fraction of sp³-hybridized carbons (Fsp3) is 0.562. The average molecular weight is 275 g/mol. The van der Waals surface area contributed by atoms with Crippen LogP contribution in [0.1, 0.15) is 31.7 Å². The van der Waals surface area contributed by atoms with Gasteiger partial charge in [-0.05, 0) is 62.4 Å². The van der Waals surface area contributed by atoms with Gasteiger partial charge in [0.1, 0.15) is 0 Å². The van der Waals surface area contributed by atoms with Crippen molar-refractivity contribution in [3.63, 3.8) is 0 Å². The van der Waals surface area contributed by atoms with Gasteiger partial charge in [0, 0.05) is 17.8 Å². The molecule has 0 bridgehead atoms. The normalized spacial score (nSPS) is 17.7. The molecule has 110 valence electrons. The molecule has 1 atom stereocenters. The molecule has 1 aromatic carbocycles. The highest BCUT2D eigenvalue weighted by Gasteiger charge is 2.22. The first-order valence-corrected chi connectivity index (χ1v) is 7.43. The van der Waals surface area contributed by atoms with Crippen molar-refractivity contribution >= 4 is 17.3 Å². The van der Waals surface area contributed by atoms with E-state index < -0.39 is 0 Å². The zero-order valence-electron chi connectivity index (χ0n) is 12.4. The van der Waals surface area contributed by atoms with Crippen LogP contribution in [0.5, 0.6) is 0 Å². The molecular formula is C16H25N3O. The van der Waals surface area contributed by atoms with Gasteiger partial charge >= 0.3 is 0 Å². The molecular weight excluding hydrogens is 250 g/mol. The van der Waals surface area contributed by atoms with Crippen molar-refractivity contribution in [2.45, 2.75) is 33.1 Å². The molecule has 0 aromatic heterocycles. The van der Waals surface area contributed by atoms with Gasteiger partial charge in [0.05, 0.1) is 0 Å². The number of nitrogens with two attached hydrogens (primary N) is 1. The molecule has 20 heavy (non-hydrogen) atoms. The van der Waals surface area contributed by atoms with Gasteiger partial charge in [0.15, 0.2) is 0 Å². The first kappa shape index (κ1) is 14.9. The molecule has 1 unspecified atom stereocenters. The predicted octanol–water partition coefficient (Wildman–Crippen LogP) is 2.54. The second-order valence-corrected chi connectivity index (χ2v) is 5.89. The Morgan fingerprint density at radius 3 is 2.85 bits per heavy atom. The number of carbonyl (C=O) groups is 1. The lowest BCUT2D eigenvalue weighted by Gasteiger charge is -2.28. The van der Waals surface area contributed by atoms with Crippen LogP contribution in [0.2, 0.25) is 0 Å². The maximum Gasteiger partial charge on any atom is 0.224 e. The quantitative estimate of drug-likeness (QED) is 0.740. The van der Waals surface area contributed by atoms with Crippen molar-refractivity contribution in [1.82, 2.24) is 5.32 Å². The smallest absolute Gasteiger partial charge is 0.224 e. The second kappa shape index (κ2) is 6.75. The third kappa shape index (κ3) is 3.97. The number of nitrogen functional groups attached to an aromatic ring is 1.